The first kappa shape index (κ1) is 8.29. The molecule has 0 amide bonds. The van der Waals surface area contributed by atoms with Crippen molar-refractivity contribution in [3.05, 3.63) is 9.85 Å². The first-order valence-electron chi connectivity index (χ1n) is 3.76. The third-order valence-corrected chi connectivity index (χ3v) is 2.97. The third kappa shape index (κ3) is 1.42. The first-order valence-corrected chi connectivity index (χ1v) is 5.02. The molecule has 12 heavy (non-hydrogen) atoms. The van der Waals surface area contributed by atoms with Gasteiger partial charge in [0.05, 0.1) is 0 Å². The standard InChI is InChI=1S/C7H9ClN2OS/c8-7-9-6(4-12-7)10-1-5(2-10)3-11/h4-5,11H,1-3H2. The lowest BCUT2D eigenvalue weighted by atomic mass is 10.0. The molecule has 2 heterocycles. The Balaban J connectivity index is 1.96. The zero-order valence-corrected chi connectivity index (χ0v) is 7.98. The Kier molecular flexibility index (Phi) is 2.21. The molecule has 1 fully saturated rings. The third-order valence-electron chi connectivity index (χ3n) is 2.00. The molecule has 1 aliphatic rings. The number of nitrogens with zero attached hydrogens (tertiary/aromatic N) is 2. The van der Waals surface area contributed by atoms with Crippen molar-refractivity contribution in [3.63, 3.8) is 0 Å². The van der Waals surface area contributed by atoms with E-state index in [1.54, 1.807) is 0 Å². The van der Waals surface area contributed by atoms with Crippen LogP contribution in [0.15, 0.2) is 5.38 Å². The minimum Gasteiger partial charge on any atom is -0.396 e. The number of rotatable bonds is 2. The van der Waals surface area contributed by atoms with E-state index in [0.29, 0.717) is 10.4 Å². The molecule has 1 aromatic heterocycles. The van der Waals surface area contributed by atoms with Crippen LogP contribution in [0.3, 0.4) is 0 Å². The normalized spacial score (nSPS) is 18.0. The number of aliphatic hydroxyl groups excluding tert-OH is 1. The van der Waals surface area contributed by atoms with Gasteiger partial charge in [-0.05, 0) is 0 Å². The number of anilines is 1. The van der Waals surface area contributed by atoms with Gasteiger partial charge < -0.3 is 10.0 Å². The van der Waals surface area contributed by atoms with Crippen molar-refractivity contribution in [1.29, 1.82) is 0 Å². The van der Waals surface area contributed by atoms with Crippen LogP contribution in [0.4, 0.5) is 5.82 Å². The summed E-state index contributed by atoms with van der Waals surface area (Å²) in [7, 11) is 0. The first-order chi connectivity index (χ1) is 5.79. The van der Waals surface area contributed by atoms with Crippen LogP contribution < -0.4 is 4.90 Å². The number of halogens is 1. The fraction of sp³-hybridized carbons (Fsp3) is 0.571. The van der Waals surface area contributed by atoms with Gasteiger partial charge in [0.1, 0.15) is 5.82 Å². The zero-order chi connectivity index (χ0) is 8.55. The minimum absolute atomic E-state index is 0.272. The molecule has 0 spiro atoms. The lowest BCUT2D eigenvalue weighted by Gasteiger charge is -2.38. The summed E-state index contributed by atoms with van der Waals surface area (Å²) in [4.78, 5) is 6.24. The summed E-state index contributed by atoms with van der Waals surface area (Å²) in [5, 5.41) is 10.7. The van der Waals surface area contributed by atoms with E-state index in [1.807, 2.05) is 5.38 Å². The summed E-state index contributed by atoms with van der Waals surface area (Å²) in [5.41, 5.74) is 0. The smallest absolute Gasteiger partial charge is 0.185 e. The van der Waals surface area contributed by atoms with Crippen molar-refractivity contribution >= 4 is 28.8 Å². The van der Waals surface area contributed by atoms with Gasteiger partial charge in [0.25, 0.3) is 0 Å². The Morgan fingerprint density at radius 1 is 1.75 bits per heavy atom. The highest BCUT2D eigenvalue weighted by Crippen LogP contribution is 2.27. The van der Waals surface area contributed by atoms with Crippen molar-refractivity contribution in [2.75, 3.05) is 24.6 Å². The van der Waals surface area contributed by atoms with Crippen molar-refractivity contribution in [2.24, 2.45) is 5.92 Å². The second-order valence-electron chi connectivity index (χ2n) is 2.91. The maximum atomic E-state index is 8.79. The highest BCUT2D eigenvalue weighted by atomic mass is 35.5. The van der Waals surface area contributed by atoms with Crippen LogP contribution in [0.25, 0.3) is 0 Å². The molecule has 3 nitrogen and oxygen atoms in total. The molecule has 0 unspecified atom stereocenters. The molecule has 0 aliphatic carbocycles. The van der Waals surface area contributed by atoms with Gasteiger partial charge in [-0.15, -0.1) is 11.3 Å². The van der Waals surface area contributed by atoms with E-state index in [0.717, 1.165) is 18.9 Å². The van der Waals surface area contributed by atoms with Gasteiger partial charge in [0.15, 0.2) is 4.47 Å². The van der Waals surface area contributed by atoms with Gasteiger partial charge >= 0.3 is 0 Å². The summed E-state index contributed by atoms with van der Waals surface area (Å²) in [6.45, 7) is 2.07. The van der Waals surface area contributed by atoms with E-state index in [2.05, 4.69) is 9.88 Å². The van der Waals surface area contributed by atoms with E-state index in [4.69, 9.17) is 16.7 Å². The number of hydrogen-bond donors (Lipinski definition) is 1. The van der Waals surface area contributed by atoms with Gasteiger partial charge in [0.2, 0.25) is 0 Å². The van der Waals surface area contributed by atoms with Crippen molar-refractivity contribution in [1.82, 2.24) is 4.98 Å². The SMILES string of the molecule is OCC1CN(c2csc(Cl)n2)C1. The number of thiazole rings is 1. The summed E-state index contributed by atoms with van der Waals surface area (Å²) < 4.78 is 0.581. The molecule has 0 radical (unpaired) electrons. The molecule has 1 saturated heterocycles. The molecule has 66 valence electrons. The summed E-state index contributed by atoms with van der Waals surface area (Å²) >= 11 is 7.13. The van der Waals surface area contributed by atoms with Crippen molar-refractivity contribution < 1.29 is 5.11 Å². The Hall–Kier alpha value is -0.320. The molecule has 5 heteroatoms. The Labute approximate surface area is 79.6 Å². The second-order valence-corrected chi connectivity index (χ2v) is 4.35. The fourth-order valence-corrected chi connectivity index (χ4v) is 2.03. The largest absolute Gasteiger partial charge is 0.396 e. The molecule has 2 rings (SSSR count). The Bertz CT molecular complexity index is 272. The highest BCUT2D eigenvalue weighted by molar-refractivity contribution is 7.14. The van der Waals surface area contributed by atoms with Crippen LogP contribution >= 0.6 is 22.9 Å². The molecule has 1 aromatic rings. The van der Waals surface area contributed by atoms with E-state index in [1.165, 1.54) is 11.3 Å². The molecule has 1 N–H and O–H groups in total. The lowest BCUT2D eigenvalue weighted by Crippen LogP contribution is -2.48. The lowest BCUT2D eigenvalue weighted by molar-refractivity contribution is 0.200. The molecule has 0 bridgehead atoms. The highest BCUT2D eigenvalue weighted by Gasteiger charge is 2.27. The minimum atomic E-state index is 0.272. The monoisotopic (exact) mass is 204 g/mol. The van der Waals surface area contributed by atoms with Crippen LogP contribution in [0.2, 0.25) is 4.47 Å². The van der Waals surface area contributed by atoms with Crippen LogP contribution in [-0.4, -0.2) is 29.8 Å². The van der Waals surface area contributed by atoms with Crippen LogP contribution in [0, 0.1) is 5.92 Å². The number of aliphatic hydroxyl groups is 1. The molecular weight excluding hydrogens is 196 g/mol. The van der Waals surface area contributed by atoms with E-state index in [-0.39, 0.29) is 6.61 Å². The predicted octanol–water partition coefficient (Wildman–Crippen LogP) is 1.22. The summed E-state index contributed by atoms with van der Waals surface area (Å²) in [6, 6.07) is 0. The molecule has 0 saturated carbocycles. The number of aromatic nitrogens is 1. The zero-order valence-electron chi connectivity index (χ0n) is 6.40. The van der Waals surface area contributed by atoms with Gasteiger partial charge in [-0.2, -0.15) is 0 Å². The van der Waals surface area contributed by atoms with E-state index in [9.17, 15) is 0 Å². The molecular formula is C7H9ClN2OS. The van der Waals surface area contributed by atoms with Crippen LogP contribution in [0.1, 0.15) is 0 Å². The average molecular weight is 205 g/mol. The van der Waals surface area contributed by atoms with Crippen LogP contribution in [-0.2, 0) is 0 Å². The Morgan fingerprint density at radius 3 is 3.00 bits per heavy atom. The van der Waals surface area contributed by atoms with Gasteiger partial charge in [0, 0.05) is 31.0 Å². The van der Waals surface area contributed by atoms with E-state index < -0.39 is 0 Å². The van der Waals surface area contributed by atoms with E-state index >= 15 is 0 Å². The molecule has 1 aliphatic heterocycles. The summed E-state index contributed by atoms with van der Waals surface area (Å²) in [5.74, 6) is 1.36. The van der Waals surface area contributed by atoms with Crippen molar-refractivity contribution in [2.45, 2.75) is 0 Å². The Morgan fingerprint density at radius 2 is 2.50 bits per heavy atom. The molecule has 0 atom stereocenters. The topological polar surface area (TPSA) is 36.4 Å². The quantitative estimate of drug-likeness (QED) is 0.787. The van der Waals surface area contributed by atoms with Crippen LogP contribution in [0.5, 0.6) is 0 Å². The summed E-state index contributed by atoms with van der Waals surface area (Å²) in [6.07, 6.45) is 0. The fourth-order valence-electron chi connectivity index (χ4n) is 1.26. The average Bonchev–Trinajstić information content (AvgIpc) is 2.34. The molecule has 0 aromatic carbocycles. The van der Waals surface area contributed by atoms with Gasteiger partial charge in [-0.3, -0.25) is 0 Å². The number of hydrogen-bond acceptors (Lipinski definition) is 4. The van der Waals surface area contributed by atoms with Crippen molar-refractivity contribution in [3.8, 4) is 0 Å². The maximum Gasteiger partial charge on any atom is 0.185 e. The second kappa shape index (κ2) is 3.20. The predicted molar refractivity (Wildman–Crippen MR) is 49.9 cm³/mol. The van der Waals surface area contributed by atoms with Gasteiger partial charge in [-0.25, -0.2) is 4.98 Å². The van der Waals surface area contributed by atoms with Gasteiger partial charge in [-0.1, -0.05) is 11.6 Å². The maximum absolute atomic E-state index is 8.79.